The number of methoxy groups -OCH3 is 1. The van der Waals surface area contributed by atoms with E-state index in [9.17, 15) is 19.2 Å². The molecular weight excluding hydrogens is 845 g/mol. The zero-order chi connectivity index (χ0) is 46.8. The predicted molar refractivity (Wildman–Crippen MR) is 249 cm³/mol. The van der Waals surface area contributed by atoms with Crippen molar-refractivity contribution in [3.8, 4) is 40.2 Å². The Kier molecular flexibility index (Phi) is 22.3. The Labute approximate surface area is 390 Å². The van der Waals surface area contributed by atoms with Crippen LogP contribution in [0, 0.1) is 23.7 Å². The molecule has 2 saturated carbocycles. The second-order valence-electron chi connectivity index (χ2n) is 16.9. The molecule has 0 unspecified atom stereocenters. The summed E-state index contributed by atoms with van der Waals surface area (Å²) in [5.74, 6) is 3.57. The Morgan fingerprint density at radius 2 is 0.864 bits per heavy atom. The number of esters is 4. The van der Waals surface area contributed by atoms with Crippen LogP contribution in [0.3, 0.4) is 0 Å². The fraction of sp³-hybridized carbons (Fsp3) is 0.509. The van der Waals surface area contributed by atoms with Gasteiger partial charge in [-0.1, -0.05) is 13.2 Å². The van der Waals surface area contributed by atoms with E-state index in [1.165, 1.54) is 12.2 Å². The summed E-state index contributed by atoms with van der Waals surface area (Å²) in [6.45, 7) is 9.81. The first-order valence-electron chi connectivity index (χ1n) is 23.6. The van der Waals surface area contributed by atoms with E-state index >= 15 is 0 Å². The van der Waals surface area contributed by atoms with Crippen LogP contribution in [0.5, 0.6) is 40.2 Å². The van der Waals surface area contributed by atoms with Gasteiger partial charge in [0.1, 0.15) is 28.7 Å². The lowest BCUT2D eigenvalue weighted by molar-refractivity contribution is -0.141. The monoisotopic (exact) mass is 912 g/mol. The molecule has 66 heavy (non-hydrogen) atoms. The van der Waals surface area contributed by atoms with Crippen LogP contribution in [0.25, 0.3) is 0 Å². The maximum absolute atomic E-state index is 13.0. The average molecular weight is 913 g/mol. The molecule has 13 heteroatoms. The molecule has 358 valence electrons. The van der Waals surface area contributed by atoms with E-state index in [-0.39, 0.29) is 23.8 Å². The molecule has 2 aliphatic carbocycles. The Morgan fingerprint density at radius 1 is 0.470 bits per heavy atom. The second-order valence-corrected chi connectivity index (χ2v) is 16.9. The summed E-state index contributed by atoms with van der Waals surface area (Å²) in [5.41, 5.74) is 0. The molecule has 0 saturated heterocycles. The molecule has 0 amide bonds. The Morgan fingerprint density at radius 3 is 1.29 bits per heavy atom. The average Bonchev–Trinajstić information content (AvgIpc) is 3.35. The van der Waals surface area contributed by atoms with E-state index in [0.29, 0.717) is 80.2 Å². The van der Waals surface area contributed by atoms with Gasteiger partial charge in [-0.3, -0.25) is 9.59 Å². The van der Waals surface area contributed by atoms with Crippen molar-refractivity contribution >= 4 is 23.9 Å². The third-order valence-electron chi connectivity index (χ3n) is 12.0. The molecule has 0 atom stereocenters. The lowest BCUT2D eigenvalue weighted by Gasteiger charge is -2.27. The van der Waals surface area contributed by atoms with Gasteiger partial charge in [0.2, 0.25) is 0 Å². The Balaban J connectivity index is 0.908. The van der Waals surface area contributed by atoms with Crippen molar-refractivity contribution in [1.29, 1.82) is 0 Å². The normalized spacial score (nSPS) is 17.9. The molecule has 13 nitrogen and oxygen atoms in total. The smallest absolute Gasteiger partial charge is 0.330 e. The first-order valence-corrected chi connectivity index (χ1v) is 23.6. The van der Waals surface area contributed by atoms with Crippen LogP contribution in [0.2, 0.25) is 0 Å². The molecule has 5 rings (SSSR count). The number of unbranched alkanes of at least 4 members (excludes halogenated alkanes) is 6. The first-order chi connectivity index (χ1) is 32.2. The number of ether oxygens (including phenoxy) is 9. The zero-order valence-corrected chi connectivity index (χ0v) is 38.6. The van der Waals surface area contributed by atoms with Crippen molar-refractivity contribution in [3.05, 3.63) is 92.0 Å². The summed E-state index contributed by atoms with van der Waals surface area (Å²) in [5, 5.41) is 0. The molecule has 2 fully saturated rings. The first kappa shape index (κ1) is 51.0. The van der Waals surface area contributed by atoms with Crippen molar-refractivity contribution in [2.45, 2.75) is 103 Å². The lowest BCUT2D eigenvalue weighted by atomic mass is 9.82. The van der Waals surface area contributed by atoms with E-state index in [2.05, 4.69) is 13.2 Å². The predicted octanol–water partition coefficient (Wildman–Crippen LogP) is 10.6. The number of hydrogen-bond donors (Lipinski definition) is 0. The van der Waals surface area contributed by atoms with Crippen molar-refractivity contribution in [2.75, 3.05) is 46.8 Å². The quantitative estimate of drug-likeness (QED) is 0.0281. The SMILES string of the molecule is C=CC(=O)OCCCCCCOc1ccc(OC(=O)C2CCC(COc3ccc(OCC4CCC(C(=O)Oc5ccc(OCCCCCCOC(=O)C=C)cc5)CC4)c(OC)c3)CC2)cc1. The topological polar surface area (TPSA) is 151 Å². The summed E-state index contributed by atoms with van der Waals surface area (Å²) in [6.07, 6.45) is 16.0. The minimum absolute atomic E-state index is 0.148. The molecule has 0 bridgehead atoms. The fourth-order valence-electron chi connectivity index (χ4n) is 7.97. The van der Waals surface area contributed by atoms with E-state index in [0.717, 1.165) is 114 Å². The van der Waals surface area contributed by atoms with Gasteiger partial charge in [-0.05, 0) is 175 Å². The summed E-state index contributed by atoms with van der Waals surface area (Å²) in [7, 11) is 1.62. The molecule has 0 aromatic heterocycles. The number of benzene rings is 3. The molecular formula is C53H68O13. The highest BCUT2D eigenvalue weighted by Crippen LogP contribution is 2.36. The standard InChI is InChI=1S/C53H68O13/c1-4-50(54)61-34-12-8-6-10-32-59-43-22-26-45(27-23-43)65-52(56)41-18-14-39(15-19-41)37-63-47-30-31-48(49(36-47)58-3)64-38-40-16-20-42(21-17-40)53(57)66-46-28-24-44(25-29-46)60-33-11-7-9-13-35-62-51(55)5-2/h4-5,22-31,36,39-42H,1-2,6-21,32-35,37-38H2,3H3. The fourth-order valence-corrected chi connectivity index (χ4v) is 7.97. The summed E-state index contributed by atoms with van der Waals surface area (Å²) >= 11 is 0. The van der Waals surface area contributed by atoms with Gasteiger partial charge in [-0.25, -0.2) is 9.59 Å². The van der Waals surface area contributed by atoms with E-state index in [4.69, 9.17) is 42.6 Å². The second kappa shape index (κ2) is 28.8. The van der Waals surface area contributed by atoms with Crippen molar-refractivity contribution < 1.29 is 61.8 Å². The van der Waals surface area contributed by atoms with Crippen LogP contribution in [-0.2, 0) is 28.7 Å². The highest BCUT2D eigenvalue weighted by molar-refractivity contribution is 5.81. The van der Waals surface area contributed by atoms with Crippen LogP contribution >= 0.6 is 0 Å². The minimum Gasteiger partial charge on any atom is -0.494 e. The van der Waals surface area contributed by atoms with Gasteiger partial charge in [0, 0.05) is 18.2 Å². The lowest BCUT2D eigenvalue weighted by Crippen LogP contribution is -2.27. The number of carbonyl (C=O) groups excluding carboxylic acids is 4. The van der Waals surface area contributed by atoms with Gasteiger partial charge in [-0.15, -0.1) is 0 Å². The Hall–Kier alpha value is -5.98. The van der Waals surface area contributed by atoms with Crippen LogP contribution in [-0.4, -0.2) is 70.6 Å². The van der Waals surface area contributed by atoms with Crippen molar-refractivity contribution in [1.82, 2.24) is 0 Å². The number of rotatable bonds is 29. The minimum atomic E-state index is -0.391. The summed E-state index contributed by atoms with van der Waals surface area (Å²) in [4.78, 5) is 48.1. The van der Waals surface area contributed by atoms with Gasteiger partial charge in [0.05, 0.1) is 58.6 Å². The largest absolute Gasteiger partial charge is 0.494 e. The maximum Gasteiger partial charge on any atom is 0.330 e. The van der Waals surface area contributed by atoms with Gasteiger partial charge < -0.3 is 42.6 Å². The summed E-state index contributed by atoms with van der Waals surface area (Å²) in [6, 6.07) is 19.9. The van der Waals surface area contributed by atoms with Gasteiger partial charge in [0.15, 0.2) is 11.5 Å². The van der Waals surface area contributed by atoms with Crippen molar-refractivity contribution in [3.63, 3.8) is 0 Å². The zero-order valence-electron chi connectivity index (χ0n) is 38.6. The summed E-state index contributed by atoms with van der Waals surface area (Å²) < 4.78 is 51.1. The highest BCUT2D eigenvalue weighted by atomic mass is 16.6. The molecule has 2 aliphatic rings. The third kappa shape index (κ3) is 18.5. The van der Waals surface area contributed by atoms with E-state index in [1.54, 1.807) is 31.4 Å². The maximum atomic E-state index is 13.0. The van der Waals surface area contributed by atoms with E-state index < -0.39 is 11.9 Å². The molecule has 0 N–H and O–H groups in total. The van der Waals surface area contributed by atoms with Crippen LogP contribution in [0.1, 0.15) is 103 Å². The molecule has 0 radical (unpaired) electrons. The van der Waals surface area contributed by atoms with Crippen molar-refractivity contribution in [2.24, 2.45) is 23.7 Å². The van der Waals surface area contributed by atoms with Crippen LogP contribution in [0.4, 0.5) is 0 Å². The van der Waals surface area contributed by atoms with Gasteiger partial charge in [-0.2, -0.15) is 0 Å². The molecule has 0 aliphatic heterocycles. The Bertz CT molecular complexity index is 1940. The molecule has 3 aromatic carbocycles. The third-order valence-corrected chi connectivity index (χ3v) is 12.0. The van der Waals surface area contributed by atoms with Crippen LogP contribution in [0.15, 0.2) is 92.0 Å². The number of carbonyl (C=O) groups is 4. The molecule has 0 heterocycles. The van der Waals surface area contributed by atoms with Gasteiger partial charge in [0.25, 0.3) is 0 Å². The molecule has 3 aromatic rings. The van der Waals surface area contributed by atoms with Crippen LogP contribution < -0.4 is 33.2 Å². The highest BCUT2D eigenvalue weighted by Gasteiger charge is 2.30. The number of hydrogen-bond acceptors (Lipinski definition) is 13. The van der Waals surface area contributed by atoms with Gasteiger partial charge >= 0.3 is 23.9 Å². The van der Waals surface area contributed by atoms with E-state index in [1.807, 2.05) is 42.5 Å². The molecule has 0 spiro atoms.